The molecule has 1 heterocycles. The Bertz CT molecular complexity index is 1450. The van der Waals surface area contributed by atoms with E-state index >= 15 is 0 Å². The maximum Gasteiger partial charge on any atom is 0.490 e. The van der Waals surface area contributed by atoms with Crippen LogP contribution in [0, 0.1) is 5.92 Å². The van der Waals surface area contributed by atoms with Gasteiger partial charge in [0.25, 0.3) is 0 Å². The second-order valence-corrected chi connectivity index (χ2v) is 10.5. The van der Waals surface area contributed by atoms with Crippen molar-refractivity contribution in [1.29, 1.82) is 0 Å². The predicted molar refractivity (Wildman–Crippen MR) is 154 cm³/mol. The second-order valence-electron chi connectivity index (χ2n) is 10.5. The number of aliphatic carboxylic acids is 2. The van der Waals surface area contributed by atoms with Gasteiger partial charge in [-0.25, -0.2) is 14.6 Å². The summed E-state index contributed by atoms with van der Waals surface area (Å²) in [6.07, 6.45) is -10.5. The van der Waals surface area contributed by atoms with E-state index in [-0.39, 0.29) is 6.54 Å². The molecule has 0 atom stereocenters. The van der Waals surface area contributed by atoms with Gasteiger partial charge >= 0.3 is 30.5 Å². The molecular weight excluding hydrogens is 653 g/mol. The highest BCUT2D eigenvalue weighted by Gasteiger charge is 2.39. The van der Waals surface area contributed by atoms with Gasteiger partial charge in [-0.2, -0.15) is 44.5 Å². The van der Waals surface area contributed by atoms with Gasteiger partial charge in [-0.1, -0.05) is 30.3 Å². The summed E-state index contributed by atoms with van der Waals surface area (Å²) >= 11 is 0. The molecule has 0 bridgehead atoms. The minimum Gasteiger partial charge on any atom is -0.475 e. The Balaban J connectivity index is 0.000000459. The first-order valence-electron chi connectivity index (χ1n) is 13.9. The van der Waals surface area contributed by atoms with Crippen molar-refractivity contribution in [3.8, 4) is 0 Å². The van der Waals surface area contributed by atoms with E-state index in [1.807, 2.05) is 43.3 Å². The predicted octanol–water partition coefficient (Wildman–Crippen LogP) is 6.74. The third-order valence-corrected chi connectivity index (χ3v) is 6.74. The lowest BCUT2D eigenvalue weighted by molar-refractivity contribution is -0.193. The first-order valence-corrected chi connectivity index (χ1v) is 13.9. The molecule has 0 saturated heterocycles. The van der Waals surface area contributed by atoms with Crippen molar-refractivity contribution in [3.05, 3.63) is 59.7 Å². The van der Waals surface area contributed by atoms with Crippen LogP contribution in [0.4, 0.5) is 51.3 Å². The van der Waals surface area contributed by atoms with Crippen LogP contribution in [-0.2, 0) is 22.3 Å². The van der Waals surface area contributed by atoms with Crippen LogP contribution in [0.15, 0.2) is 48.5 Å². The number of anilines is 2. The number of hydrogen-bond acceptors (Lipinski definition) is 7. The van der Waals surface area contributed by atoms with Crippen LogP contribution < -0.4 is 15.5 Å². The van der Waals surface area contributed by atoms with E-state index in [2.05, 4.69) is 15.6 Å². The normalized spacial score (nSPS) is 16.7. The fourth-order valence-corrected chi connectivity index (χ4v) is 4.52. The Morgan fingerprint density at radius 3 is 1.83 bits per heavy atom. The first-order chi connectivity index (χ1) is 21.7. The molecule has 18 heteroatoms. The number of nitrogens with one attached hydrogen (secondary N) is 2. The summed E-state index contributed by atoms with van der Waals surface area (Å²) in [6.45, 7) is 0.947. The van der Waals surface area contributed by atoms with Gasteiger partial charge in [0.15, 0.2) is 0 Å². The Hall–Kier alpha value is -4.35. The summed E-state index contributed by atoms with van der Waals surface area (Å²) in [5, 5.41) is 22.0. The number of carboxylic acids is 2. The van der Waals surface area contributed by atoms with Crippen LogP contribution in [0.5, 0.6) is 0 Å². The maximum atomic E-state index is 13.2. The van der Waals surface area contributed by atoms with E-state index in [4.69, 9.17) is 24.8 Å². The third kappa shape index (κ3) is 12.8. The van der Waals surface area contributed by atoms with E-state index in [0.29, 0.717) is 23.5 Å². The smallest absolute Gasteiger partial charge is 0.475 e. The lowest BCUT2D eigenvalue weighted by Crippen LogP contribution is -2.32. The molecule has 1 aliphatic carbocycles. The number of carboxylic acid groups (broad SMARTS) is 2. The number of rotatable bonds is 7. The first kappa shape index (κ1) is 38.8. The van der Waals surface area contributed by atoms with Crippen LogP contribution in [0.3, 0.4) is 0 Å². The summed E-state index contributed by atoms with van der Waals surface area (Å²) in [6, 6.07) is 14.1. The van der Waals surface area contributed by atoms with Crippen molar-refractivity contribution in [1.82, 2.24) is 15.3 Å². The summed E-state index contributed by atoms with van der Waals surface area (Å²) in [4.78, 5) is 29.2. The van der Waals surface area contributed by atoms with Crippen molar-refractivity contribution >= 4 is 34.6 Å². The Morgan fingerprint density at radius 2 is 1.32 bits per heavy atom. The van der Waals surface area contributed by atoms with E-state index < -0.39 is 36.0 Å². The Kier molecular flexibility index (Phi) is 13.6. The van der Waals surface area contributed by atoms with Crippen molar-refractivity contribution < 1.29 is 59.3 Å². The third-order valence-electron chi connectivity index (χ3n) is 6.74. The minimum atomic E-state index is -5.08. The molecule has 1 saturated carbocycles. The zero-order valence-electron chi connectivity index (χ0n) is 25.0. The van der Waals surface area contributed by atoms with E-state index in [1.54, 1.807) is 12.1 Å². The van der Waals surface area contributed by atoms with Gasteiger partial charge in [0.05, 0.1) is 11.1 Å². The zero-order valence-corrected chi connectivity index (χ0v) is 25.0. The summed E-state index contributed by atoms with van der Waals surface area (Å²) in [5.41, 5.74) is 0.652. The highest BCUT2D eigenvalue weighted by atomic mass is 19.4. The lowest BCUT2D eigenvalue weighted by Gasteiger charge is -2.29. The number of fused-ring (bicyclic) bond motifs is 1. The number of nitrogens with zero attached hydrogens (tertiary/aromatic N) is 3. The molecule has 4 rings (SSSR count). The number of carbonyl (C=O) groups is 2. The van der Waals surface area contributed by atoms with Crippen molar-refractivity contribution in [2.75, 3.05) is 30.9 Å². The molecular formula is C29H32F9N5O4. The zero-order chi connectivity index (χ0) is 35.6. The number of halogens is 9. The number of alkyl halides is 9. The van der Waals surface area contributed by atoms with Crippen LogP contribution >= 0.6 is 0 Å². The van der Waals surface area contributed by atoms with E-state index in [1.165, 1.54) is 6.07 Å². The summed E-state index contributed by atoms with van der Waals surface area (Å²) in [5.74, 6) is -3.53. The fraction of sp³-hybridized carbons (Fsp3) is 0.448. The average molecular weight is 686 g/mol. The minimum absolute atomic E-state index is 0.228. The molecule has 1 aliphatic rings. The molecule has 0 amide bonds. The largest absolute Gasteiger partial charge is 0.490 e. The van der Waals surface area contributed by atoms with Gasteiger partial charge in [0.1, 0.15) is 5.82 Å². The number of aromatic nitrogens is 2. The molecule has 0 unspecified atom stereocenters. The maximum absolute atomic E-state index is 13.2. The van der Waals surface area contributed by atoms with Gasteiger partial charge in [0, 0.05) is 32.1 Å². The fourth-order valence-electron chi connectivity index (χ4n) is 4.52. The van der Waals surface area contributed by atoms with Crippen LogP contribution in [0.1, 0.15) is 36.8 Å². The molecule has 4 N–H and O–H groups in total. The van der Waals surface area contributed by atoms with Crippen LogP contribution in [-0.4, -0.2) is 71.2 Å². The second kappa shape index (κ2) is 16.5. The number of benzene rings is 2. The van der Waals surface area contributed by atoms with Gasteiger partial charge < -0.3 is 25.7 Å². The van der Waals surface area contributed by atoms with Gasteiger partial charge in [-0.3, -0.25) is 0 Å². The Morgan fingerprint density at radius 1 is 0.809 bits per heavy atom. The van der Waals surface area contributed by atoms with Gasteiger partial charge in [-0.15, -0.1) is 0 Å². The van der Waals surface area contributed by atoms with E-state index in [0.717, 1.165) is 55.0 Å². The van der Waals surface area contributed by atoms with Gasteiger partial charge in [-0.05, 0) is 61.9 Å². The molecule has 1 fully saturated rings. The van der Waals surface area contributed by atoms with Crippen LogP contribution in [0.2, 0.25) is 0 Å². The molecule has 0 spiro atoms. The van der Waals surface area contributed by atoms with Crippen molar-refractivity contribution in [3.63, 3.8) is 0 Å². The molecule has 1 aromatic heterocycles. The Labute approximate surface area is 262 Å². The number of para-hydroxylation sites is 1. The molecule has 3 aromatic rings. The van der Waals surface area contributed by atoms with Crippen LogP contribution in [0.25, 0.3) is 10.9 Å². The highest BCUT2D eigenvalue weighted by Crippen LogP contribution is 2.32. The molecule has 2 aromatic carbocycles. The molecule has 0 radical (unpaired) electrons. The van der Waals surface area contributed by atoms with Crippen molar-refractivity contribution in [2.24, 2.45) is 5.92 Å². The molecule has 0 aliphatic heterocycles. The molecule has 47 heavy (non-hydrogen) atoms. The van der Waals surface area contributed by atoms with Crippen molar-refractivity contribution in [2.45, 2.75) is 56.8 Å². The monoisotopic (exact) mass is 685 g/mol. The lowest BCUT2D eigenvalue weighted by atomic mass is 9.86. The standard InChI is InChI=1S/C25H30F3N5.2C2HF3O2/c1-33(2)23-20-8-4-6-10-22(20)31-24(32-23)30-19-13-11-17(12-14-19)15-29-16-18-7-3-5-9-21(18)25(26,27)28;2*3-2(4,5)1(6)7/h3-10,17,19,29H,11-16H2,1-2H3,(H,30,31,32);2*(H,6,7). The molecule has 9 nitrogen and oxygen atoms in total. The highest BCUT2D eigenvalue weighted by molar-refractivity contribution is 5.90. The SMILES string of the molecule is CN(C)c1nc(NC2CCC(CNCc3ccccc3C(F)(F)F)CC2)nc2ccccc12.O=C(O)C(F)(F)F.O=C(O)C(F)(F)F. The quantitative estimate of drug-likeness (QED) is 0.200. The topological polar surface area (TPSA) is 128 Å². The molecule has 260 valence electrons. The average Bonchev–Trinajstić information content (AvgIpc) is 2.97. The summed E-state index contributed by atoms with van der Waals surface area (Å²) < 4.78 is 103. The number of hydrogen-bond donors (Lipinski definition) is 4. The van der Waals surface area contributed by atoms with Gasteiger partial charge in [0.2, 0.25) is 5.95 Å². The van der Waals surface area contributed by atoms with E-state index in [9.17, 15) is 39.5 Å². The summed E-state index contributed by atoms with van der Waals surface area (Å²) in [7, 11) is 3.95.